The first-order valence-corrected chi connectivity index (χ1v) is 8.16. The van der Waals surface area contributed by atoms with Gasteiger partial charge < -0.3 is 9.84 Å². The first kappa shape index (κ1) is 18.0. The molecule has 0 aliphatic heterocycles. The van der Waals surface area contributed by atoms with Crippen molar-refractivity contribution in [3.05, 3.63) is 0 Å². The Morgan fingerprint density at radius 3 is 1.90 bits per heavy atom. The quantitative estimate of drug-likeness (QED) is 0.807. The fraction of sp³-hybridized carbons (Fsp3) is 1.00. The lowest BCUT2D eigenvalue weighted by molar-refractivity contribution is -0.139. The van der Waals surface area contributed by atoms with Crippen molar-refractivity contribution in [3.63, 3.8) is 0 Å². The highest BCUT2D eigenvalue weighted by Gasteiger charge is 2.40. The van der Waals surface area contributed by atoms with Gasteiger partial charge in [0.2, 0.25) is 0 Å². The molecule has 0 aromatic carbocycles. The Hall–Kier alpha value is -0.0800. The van der Waals surface area contributed by atoms with Crippen LogP contribution in [0, 0.1) is 16.7 Å². The van der Waals surface area contributed by atoms with Gasteiger partial charge >= 0.3 is 0 Å². The minimum Gasteiger partial charge on any atom is -0.390 e. The third-order valence-electron chi connectivity index (χ3n) is 4.35. The SMILES string of the molecule is CC(C)(C)CC(C)(C)C1CCC(OC(C)(C)C)C(O)C1. The Labute approximate surface area is 126 Å². The highest BCUT2D eigenvalue weighted by molar-refractivity contribution is 4.90. The molecule has 1 aliphatic rings. The monoisotopic (exact) mass is 284 g/mol. The molecule has 0 spiro atoms. The van der Waals surface area contributed by atoms with E-state index in [1.165, 1.54) is 12.8 Å². The topological polar surface area (TPSA) is 29.5 Å². The maximum atomic E-state index is 10.4. The van der Waals surface area contributed by atoms with Crippen LogP contribution in [0.25, 0.3) is 0 Å². The van der Waals surface area contributed by atoms with Gasteiger partial charge in [0.1, 0.15) is 0 Å². The van der Waals surface area contributed by atoms with E-state index in [2.05, 4.69) is 55.4 Å². The van der Waals surface area contributed by atoms with Crippen LogP contribution in [0.3, 0.4) is 0 Å². The van der Waals surface area contributed by atoms with Crippen LogP contribution < -0.4 is 0 Å². The summed E-state index contributed by atoms with van der Waals surface area (Å²) in [6.45, 7) is 17.8. The molecule has 0 heterocycles. The lowest BCUT2D eigenvalue weighted by Crippen LogP contribution is -2.44. The molecule has 2 nitrogen and oxygen atoms in total. The van der Waals surface area contributed by atoms with Gasteiger partial charge in [0.05, 0.1) is 17.8 Å². The third kappa shape index (κ3) is 5.73. The molecular formula is C18H36O2. The maximum absolute atomic E-state index is 10.4. The van der Waals surface area contributed by atoms with Gasteiger partial charge in [0.15, 0.2) is 0 Å². The van der Waals surface area contributed by atoms with E-state index >= 15 is 0 Å². The standard InChI is InChI=1S/C18H36O2/c1-16(2,3)12-18(7,8)13-9-10-15(14(19)11-13)20-17(4,5)6/h13-15,19H,9-12H2,1-8H3. The number of hydrogen-bond donors (Lipinski definition) is 1. The fourth-order valence-corrected chi connectivity index (χ4v) is 3.93. The largest absolute Gasteiger partial charge is 0.390 e. The molecule has 1 rings (SSSR count). The highest BCUT2D eigenvalue weighted by atomic mass is 16.5. The Morgan fingerprint density at radius 1 is 0.950 bits per heavy atom. The molecule has 1 saturated carbocycles. The molecular weight excluding hydrogens is 248 g/mol. The van der Waals surface area contributed by atoms with Crippen LogP contribution in [0.15, 0.2) is 0 Å². The smallest absolute Gasteiger partial charge is 0.0841 e. The average molecular weight is 284 g/mol. The second-order valence-corrected chi connectivity index (χ2v) is 9.57. The van der Waals surface area contributed by atoms with Crippen LogP contribution in [0.2, 0.25) is 0 Å². The van der Waals surface area contributed by atoms with Gasteiger partial charge in [0, 0.05) is 0 Å². The molecule has 0 saturated heterocycles. The van der Waals surface area contributed by atoms with E-state index in [1.54, 1.807) is 0 Å². The Kier molecular flexibility index (Phi) is 5.36. The van der Waals surface area contributed by atoms with Gasteiger partial charge in [-0.3, -0.25) is 0 Å². The molecule has 0 radical (unpaired) electrons. The number of aliphatic hydroxyl groups is 1. The van der Waals surface area contributed by atoms with Gasteiger partial charge in [-0.05, 0) is 63.2 Å². The first-order chi connectivity index (χ1) is 8.80. The van der Waals surface area contributed by atoms with Crippen LogP contribution in [0.4, 0.5) is 0 Å². The minimum absolute atomic E-state index is 0.0108. The molecule has 120 valence electrons. The molecule has 0 aromatic rings. The van der Waals surface area contributed by atoms with Gasteiger partial charge in [-0.1, -0.05) is 34.6 Å². The number of aliphatic hydroxyl groups excluding tert-OH is 1. The van der Waals surface area contributed by atoms with Gasteiger partial charge in [-0.2, -0.15) is 0 Å². The second kappa shape index (κ2) is 5.96. The predicted molar refractivity (Wildman–Crippen MR) is 85.8 cm³/mol. The lowest BCUT2D eigenvalue weighted by atomic mass is 9.64. The summed E-state index contributed by atoms with van der Waals surface area (Å²) in [4.78, 5) is 0. The molecule has 0 aromatic heterocycles. The molecule has 1 aliphatic carbocycles. The zero-order valence-corrected chi connectivity index (χ0v) is 14.9. The van der Waals surface area contributed by atoms with E-state index in [1.807, 2.05) is 0 Å². The summed E-state index contributed by atoms with van der Waals surface area (Å²) < 4.78 is 6.00. The summed E-state index contributed by atoms with van der Waals surface area (Å²) >= 11 is 0. The van der Waals surface area contributed by atoms with Crippen molar-refractivity contribution in [1.29, 1.82) is 0 Å². The Balaban J connectivity index is 2.63. The number of ether oxygens (including phenoxy) is 1. The van der Waals surface area contributed by atoms with Crippen LogP contribution >= 0.6 is 0 Å². The molecule has 3 unspecified atom stereocenters. The third-order valence-corrected chi connectivity index (χ3v) is 4.35. The van der Waals surface area contributed by atoms with Crippen LogP contribution in [0.1, 0.15) is 81.1 Å². The zero-order valence-electron chi connectivity index (χ0n) is 14.9. The molecule has 20 heavy (non-hydrogen) atoms. The molecule has 2 heteroatoms. The van der Waals surface area contributed by atoms with Crippen molar-refractivity contribution in [2.45, 2.75) is 98.9 Å². The molecule has 1 N–H and O–H groups in total. The second-order valence-electron chi connectivity index (χ2n) is 9.57. The van der Waals surface area contributed by atoms with E-state index in [-0.39, 0.29) is 23.2 Å². The van der Waals surface area contributed by atoms with E-state index in [0.717, 1.165) is 12.8 Å². The van der Waals surface area contributed by atoms with Crippen molar-refractivity contribution < 1.29 is 9.84 Å². The molecule has 3 atom stereocenters. The van der Waals surface area contributed by atoms with Crippen LogP contribution in [-0.4, -0.2) is 22.9 Å². The van der Waals surface area contributed by atoms with Crippen molar-refractivity contribution in [2.75, 3.05) is 0 Å². The van der Waals surface area contributed by atoms with Gasteiger partial charge in [0.25, 0.3) is 0 Å². The number of hydrogen-bond acceptors (Lipinski definition) is 2. The first-order valence-electron chi connectivity index (χ1n) is 8.16. The van der Waals surface area contributed by atoms with Crippen molar-refractivity contribution in [2.24, 2.45) is 16.7 Å². The van der Waals surface area contributed by atoms with Crippen LogP contribution in [0.5, 0.6) is 0 Å². The number of rotatable bonds is 3. The summed E-state index contributed by atoms with van der Waals surface area (Å²) in [7, 11) is 0. The van der Waals surface area contributed by atoms with Gasteiger partial charge in [-0.25, -0.2) is 0 Å². The van der Waals surface area contributed by atoms with Crippen molar-refractivity contribution in [1.82, 2.24) is 0 Å². The predicted octanol–water partition coefficient (Wildman–Crippen LogP) is 4.79. The van der Waals surface area contributed by atoms with E-state index in [4.69, 9.17) is 4.74 Å². The van der Waals surface area contributed by atoms with E-state index in [9.17, 15) is 5.11 Å². The highest BCUT2D eigenvalue weighted by Crippen LogP contribution is 2.45. The molecule has 0 amide bonds. The van der Waals surface area contributed by atoms with E-state index in [0.29, 0.717) is 11.3 Å². The maximum Gasteiger partial charge on any atom is 0.0841 e. The fourth-order valence-electron chi connectivity index (χ4n) is 3.93. The minimum atomic E-state index is -0.313. The summed E-state index contributed by atoms with van der Waals surface area (Å²) in [5, 5.41) is 10.4. The Morgan fingerprint density at radius 2 is 1.50 bits per heavy atom. The van der Waals surface area contributed by atoms with Crippen LogP contribution in [-0.2, 0) is 4.74 Å². The van der Waals surface area contributed by atoms with Crippen molar-refractivity contribution >= 4 is 0 Å². The van der Waals surface area contributed by atoms with Gasteiger partial charge in [-0.15, -0.1) is 0 Å². The average Bonchev–Trinajstić information content (AvgIpc) is 2.15. The van der Waals surface area contributed by atoms with Crippen molar-refractivity contribution in [3.8, 4) is 0 Å². The molecule has 1 fully saturated rings. The Bertz CT molecular complexity index is 306. The molecule has 0 bridgehead atoms. The summed E-state index contributed by atoms with van der Waals surface area (Å²) in [5.74, 6) is 0.594. The normalized spacial score (nSPS) is 29.6. The summed E-state index contributed by atoms with van der Waals surface area (Å²) in [5.41, 5.74) is 0.457. The summed E-state index contributed by atoms with van der Waals surface area (Å²) in [6.07, 6.45) is 3.92. The zero-order chi connectivity index (χ0) is 15.8. The van der Waals surface area contributed by atoms with E-state index < -0.39 is 0 Å². The summed E-state index contributed by atoms with van der Waals surface area (Å²) in [6, 6.07) is 0. The lowest BCUT2D eigenvalue weighted by Gasteiger charge is -2.45.